The van der Waals surface area contributed by atoms with E-state index < -0.39 is 0 Å². The van der Waals surface area contributed by atoms with Gasteiger partial charge in [0, 0.05) is 18.6 Å². The number of ether oxygens (including phenoxy) is 1. The van der Waals surface area contributed by atoms with Crippen molar-refractivity contribution in [1.82, 2.24) is 4.90 Å². The summed E-state index contributed by atoms with van der Waals surface area (Å²) in [5.41, 5.74) is 2.53. The lowest BCUT2D eigenvalue weighted by Crippen LogP contribution is -2.49. The molecule has 3 heteroatoms. The second kappa shape index (κ2) is 4.50. The van der Waals surface area contributed by atoms with E-state index in [1.807, 2.05) is 12.1 Å². The summed E-state index contributed by atoms with van der Waals surface area (Å²) >= 11 is 0. The monoisotopic (exact) mass is 259 g/mol. The number of nitrogens with zero attached hydrogens (tertiary/aromatic N) is 1. The van der Waals surface area contributed by atoms with Gasteiger partial charge in [-0.05, 0) is 49.3 Å². The van der Waals surface area contributed by atoms with Gasteiger partial charge in [-0.25, -0.2) is 0 Å². The zero-order valence-electron chi connectivity index (χ0n) is 11.2. The minimum atomic E-state index is 0.454. The Morgan fingerprint density at radius 1 is 1.21 bits per heavy atom. The molecule has 0 aromatic heterocycles. The summed E-state index contributed by atoms with van der Waals surface area (Å²) in [7, 11) is 0. The van der Waals surface area contributed by atoms with E-state index in [9.17, 15) is 5.11 Å². The molecule has 19 heavy (non-hydrogen) atoms. The molecular weight excluding hydrogens is 238 g/mol. The van der Waals surface area contributed by atoms with Crippen LogP contribution in [0.25, 0.3) is 0 Å². The minimum Gasteiger partial charge on any atom is -0.508 e. The van der Waals surface area contributed by atoms with Gasteiger partial charge in [-0.15, -0.1) is 0 Å². The number of aromatic hydroxyl groups is 1. The van der Waals surface area contributed by atoms with Crippen molar-refractivity contribution in [2.75, 3.05) is 13.2 Å². The van der Waals surface area contributed by atoms with E-state index in [1.165, 1.54) is 30.4 Å². The van der Waals surface area contributed by atoms with Crippen LogP contribution in [0.5, 0.6) is 5.75 Å². The molecule has 3 unspecified atom stereocenters. The van der Waals surface area contributed by atoms with Crippen molar-refractivity contribution in [2.45, 2.75) is 50.3 Å². The van der Waals surface area contributed by atoms with E-state index in [1.54, 1.807) is 0 Å². The van der Waals surface area contributed by atoms with E-state index in [2.05, 4.69) is 11.0 Å². The average molecular weight is 259 g/mol. The molecule has 0 amide bonds. The van der Waals surface area contributed by atoms with E-state index in [0.29, 0.717) is 23.9 Å². The van der Waals surface area contributed by atoms with Crippen LogP contribution in [0, 0.1) is 0 Å². The van der Waals surface area contributed by atoms with Gasteiger partial charge in [-0.1, -0.05) is 12.1 Å². The second-order valence-corrected chi connectivity index (χ2v) is 6.04. The van der Waals surface area contributed by atoms with Crippen LogP contribution in [0.4, 0.5) is 0 Å². The summed E-state index contributed by atoms with van der Waals surface area (Å²) in [4.78, 5) is 2.66. The summed E-state index contributed by atoms with van der Waals surface area (Å²) in [6, 6.07) is 7.10. The number of hydrogen-bond acceptors (Lipinski definition) is 3. The average Bonchev–Trinajstić information content (AvgIpc) is 3.05. The SMILES string of the molecule is Oc1cccc2c1CCC2N1CCOC2CCCC21. The van der Waals surface area contributed by atoms with Gasteiger partial charge in [0.05, 0.1) is 12.7 Å². The highest BCUT2D eigenvalue weighted by atomic mass is 16.5. The fraction of sp³-hybridized carbons (Fsp3) is 0.625. The van der Waals surface area contributed by atoms with Gasteiger partial charge in [0.2, 0.25) is 0 Å². The third kappa shape index (κ3) is 1.79. The molecule has 4 rings (SSSR count). The van der Waals surface area contributed by atoms with Gasteiger partial charge in [-0.2, -0.15) is 0 Å². The van der Waals surface area contributed by atoms with Gasteiger partial charge in [-0.3, -0.25) is 4.90 Å². The van der Waals surface area contributed by atoms with E-state index in [-0.39, 0.29) is 0 Å². The molecular formula is C16H21NO2. The molecule has 2 fully saturated rings. The summed E-state index contributed by atoms with van der Waals surface area (Å²) in [5.74, 6) is 0.483. The van der Waals surface area contributed by atoms with Crippen LogP contribution < -0.4 is 0 Å². The number of morpholine rings is 1. The van der Waals surface area contributed by atoms with E-state index in [4.69, 9.17) is 4.74 Å². The maximum Gasteiger partial charge on any atom is 0.119 e. The minimum absolute atomic E-state index is 0.454. The molecule has 3 nitrogen and oxygen atoms in total. The first-order chi connectivity index (χ1) is 9.34. The predicted molar refractivity (Wildman–Crippen MR) is 73.3 cm³/mol. The van der Waals surface area contributed by atoms with Crippen LogP contribution in [-0.2, 0) is 11.2 Å². The van der Waals surface area contributed by atoms with Crippen molar-refractivity contribution < 1.29 is 9.84 Å². The van der Waals surface area contributed by atoms with Crippen molar-refractivity contribution >= 4 is 0 Å². The first kappa shape index (κ1) is 11.7. The Morgan fingerprint density at radius 2 is 2.16 bits per heavy atom. The maximum absolute atomic E-state index is 9.99. The molecule has 1 aromatic rings. The van der Waals surface area contributed by atoms with E-state index >= 15 is 0 Å². The summed E-state index contributed by atoms with van der Waals surface area (Å²) < 4.78 is 5.91. The lowest BCUT2D eigenvalue weighted by molar-refractivity contribution is -0.0722. The molecule has 1 aromatic carbocycles. The first-order valence-electron chi connectivity index (χ1n) is 7.52. The number of phenolic OH excluding ortho intramolecular Hbond substituents is 1. The van der Waals surface area contributed by atoms with Crippen LogP contribution in [-0.4, -0.2) is 35.3 Å². The lowest BCUT2D eigenvalue weighted by atomic mass is 10.0. The molecule has 1 heterocycles. The van der Waals surface area contributed by atoms with Crippen molar-refractivity contribution in [3.05, 3.63) is 29.3 Å². The Bertz CT molecular complexity index is 488. The highest BCUT2D eigenvalue weighted by Gasteiger charge is 2.41. The highest BCUT2D eigenvalue weighted by molar-refractivity contribution is 5.44. The molecule has 3 aliphatic rings. The topological polar surface area (TPSA) is 32.7 Å². The maximum atomic E-state index is 9.99. The Balaban J connectivity index is 1.66. The molecule has 2 aliphatic carbocycles. The second-order valence-electron chi connectivity index (χ2n) is 6.04. The summed E-state index contributed by atoms with van der Waals surface area (Å²) in [6.07, 6.45) is 6.41. The molecule has 1 saturated heterocycles. The third-order valence-corrected chi connectivity index (χ3v) is 5.14. The van der Waals surface area contributed by atoms with Crippen molar-refractivity contribution in [1.29, 1.82) is 0 Å². The lowest BCUT2D eigenvalue weighted by Gasteiger charge is -2.41. The third-order valence-electron chi connectivity index (χ3n) is 5.14. The van der Waals surface area contributed by atoms with Gasteiger partial charge in [0.1, 0.15) is 5.75 Å². The Morgan fingerprint density at radius 3 is 3.11 bits per heavy atom. The van der Waals surface area contributed by atoms with E-state index in [0.717, 1.165) is 26.0 Å². The Hall–Kier alpha value is -1.06. The molecule has 1 aliphatic heterocycles. The standard InChI is InChI=1S/C16H21NO2/c18-15-5-1-3-11-12(15)7-8-13(11)17-9-10-19-16-6-2-4-14(16)17/h1,3,5,13-14,16,18H,2,4,6-10H2. The number of phenols is 1. The Labute approximate surface area is 114 Å². The highest BCUT2D eigenvalue weighted by Crippen LogP contribution is 2.43. The zero-order chi connectivity index (χ0) is 12.8. The van der Waals surface area contributed by atoms with Crippen LogP contribution in [0.3, 0.4) is 0 Å². The van der Waals surface area contributed by atoms with Gasteiger partial charge < -0.3 is 9.84 Å². The van der Waals surface area contributed by atoms with Crippen LogP contribution >= 0.6 is 0 Å². The quantitative estimate of drug-likeness (QED) is 0.841. The predicted octanol–water partition coefficient (Wildman–Crippen LogP) is 2.63. The summed E-state index contributed by atoms with van der Waals surface area (Å²) in [5, 5.41) is 9.99. The number of benzene rings is 1. The normalized spacial score (nSPS) is 34.2. The summed E-state index contributed by atoms with van der Waals surface area (Å²) in [6.45, 7) is 1.91. The number of fused-ring (bicyclic) bond motifs is 2. The van der Waals surface area contributed by atoms with Crippen molar-refractivity contribution in [3.63, 3.8) is 0 Å². The number of hydrogen-bond donors (Lipinski definition) is 1. The number of rotatable bonds is 1. The zero-order valence-corrected chi connectivity index (χ0v) is 11.2. The van der Waals surface area contributed by atoms with Gasteiger partial charge >= 0.3 is 0 Å². The molecule has 3 atom stereocenters. The van der Waals surface area contributed by atoms with Crippen LogP contribution in [0.2, 0.25) is 0 Å². The molecule has 1 saturated carbocycles. The smallest absolute Gasteiger partial charge is 0.119 e. The largest absolute Gasteiger partial charge is 0.508 e. The first-order valence-corrected chi connectivity index (χ1v) is 7.52. The molecule has 0 spiro atoms. The van der Waals surface area contributed by atoms with Gasteiger partial charge in [0.15, 0.2) is 0 Å². The van der Waals surface area contributed by atoms with Crippen molar-refractivity contribution in [3.8, 4) is 5.75 Å². The molecule has 0 bridgehead atoms. The fourth-order valence-electron chi connectivity index (χ4n) is 4.30. The molecule has 102 valence electrons. The van der Waals surface area contributed by atoms with Crippen LogP contribution in [0.1, 0.15) is 42.9 Å². The Kier molecular flexibility index (Phi) is 2.78. The molecule has 1 N–H and O–H groups in total. The molecule has 0 radical (unpaired) electrons. The van der Waals surface area contributed by atoms with Crippen LogP contribution in [0.15, 0.2) is 18.2 Å². The fourth-order valence-corrected chi connectivity index (χ4v) is 4.30. The van der Waals surface area contributed by atoms with Crippen molar-refractivity contribution in [2.24, 2.45) is 0 Å². The van der Waals surface area contributed by atoms with Gasteiger partial charge in [0.25, 0.3) is 0 Å².